The average Bonchev–Trinajstić information content (AvgIpc) is 3.89. The van der Waals surface area contributed by atoms with Crippen LogP contribution in [-0.4, -0.2) is 14.1 Å². The number of nitrogens with zero attached hydrogens (tertiary/aromatic N) is 4. The van der Waals surface area contributed by atoms with E-state index in [1.54, 1.807) is 0 Å². The van der Waals surface area contributed by atoms with Crippen LogP contribution in [0.5, 0.6) is 0 Å². The number of aromatic nitrogens is 3. The third-order valence-electron chi connectivity index (χ3n) is 13.1. The summed E-state index contributed by atoms with van der Waals surface area (Å²) >= 11 is 0. The molecule has 3 aromatic heterocycles. The molecule has 4 nitrogen and oxygen atoms in total. The fourth-order valence-electron chi connectivity index (χ4n) is 9.76. The number of hydrogen-bond donors (Lipinski definition) is 0. The van der Waals surface area contributed by atoms with Crippen LogP contribution < -0.4 is 0 Å². The van der Waals surface area contributed by atoms with E-state index in [9.17, 15) is 0 Å². The van der Waals surface area contributed by atoms with Gasteiger partial charge in [-0.15, -0.1) is 0 Å². The largest absolute Gasteiger partial charge is 0.308 e. The van der Waals surface area contributed by atoms with Crippen molar-refractivity contribution in [3.05, 3.63) is 241 Å². The Morgan fingerprint density at radius 3 is 1.23 bits per heavy atom. The zero-order chi connectivity index (χ0) is 44.3. The molecule has 4 heteroatoms. The summed E-state index contributed by atoms with van der Waals surface area (Å²) in [5.74, 6) is 0. The third-order valence-corrected chi connectivity index (χ3v) is 13.1. The molecule has 0 aliphatic carbocycles. The number of aryl methyl sites for hydroxylation is 2. The van der Waals surface area contributed by atoms with Crippen LogP contribution >= 0.6 is 0 Å². The van der Waals surface area contributed by atoms with Crippen molar-refractivity contribution >= 4 is 49.3 Å². The Hall–Kier alpha value is -8.78. The number of para-hydroxylation sites is 2. The van der Waals surface area contributed by atoms with Crippen LogP contribution in [0.2, 0.25) is 0 Å². The van der Waals surface area contributed by atoms with E-state index >= 15 is 0 Å². The Morgan fingerprint density at radius 1 is 0.348 bits per heavy atom. The molecular weight excluding hydrogens is 801 g/mol. The van der Waals surface area contributed by atoms with Gasteiger partial charge in [0.15, 0.2) is 5.69 Å². The minimum Gasteiger partial charge on any atom is -0.308 e. The van der Waals surface area contributed by atoms with Crippen molar-refractivity contribution in [1.29, 1.82) is 0 Å². The van der Waals surface area contributed by atoms with Crippen molar-refractivity contribution < 1.29 is 0 Å². The van der Waals surface area contributed by atoms with Crippen molar-refractivity contribution in [3.8, 4) is 67.3 Å². The summed E-state index contributed by atoms with van der Waals surface area (Å²) in [4.78, 5) is 9.57. The van der Waals surface area contributed by atoms with Gasteiger partial charge < -0.3 is 9.13 Å². The standard InChI is InChI=1S/C62H42N4/c1-40-22-26-42(27-23-40)46-30-32-59-52(34-46)49-18-10-12-20-57(49)65(59)61-38-51(48-36-54(44-14-6-4-7-15-44)64-55(37-48)45-16-8-5-9-17-45)56(63-3)39-62(61)66-58-21-13-11-19-50(58)53-35-47(31-33-60(53)66)43-28-24-41(2)25-29-43/h4-39H,1-2H3. The maximum absolute atomic E-state index is 8.88. The highest BCUT2D eigenvalue weighted by molar-refractivity contribution is 6.13. The Kier molecular flexibility index (Phi) is 9.29. The fourth-order valence-corrected chi connectivity index (χ4v) is 9.76. The molecule has 0 unspecified atom stereocenters. The molecule has 310 valence electrons. The summed E-state index contributed by atoms with van der Waals surface area (Å²) in [6.45, 7) is 13.1. The molecule has 3 heterocycles. The minimum absolute atomic E-state index is 0.558. The molecule has 0 fully saturated rings. The molecule has 0 aliphatic rings. The maximum Gasteiger partial charge on any atom is 0.197 e. The van der Waals surface area contributed by atoms with E-state index in [2.05, 4.69) is 210 Å². The lowest BCUT2D eigenvalue weighted by Crippen LogP contribution is -2.04. The molecule has 0 saturated heterocycles. The minimum atomic E-state index is 0.558. The lowest BCUT2D eigenvalue weighted by atomic mass is 9.97. The van der Waals surface area contributed by atoms with Gasteiger partial charge in [-0.05, 0) is 108 Å². The van der Waals surface area contributed by atoms with Crippen molar-refractivity contribution in [1.82, 2.24) is 14.1 Å². The van der Waals surface area contributed by atoms with Gasteiger partial charge in [-0.2, -0.15) is 0 Å². The normalized spacial score (nSPS) is 11.5. The van der Waals surface area contributed by atoms with Gasteiger partial charge >= 0.3 is 0 Å². The number of pyridine rings is 1. The van der Waals surface area contributed by atoms with Crippen molar-refractivity contribution in [2.24, 2.45) is 0 Å². The molecule has 0 atom stereocenters. The van der Waals surface area contributed by atoms with Crippen LogP contribution in [0.25, 0.3) is 116 Å². The van der Waals surface area contributed by atoms with E-state index in [1.165, 1.54) is 27.8 Å². The predicted molar refractivity (Wildman–Crippen MR) is 276 cm³/mol. The Labute approximate surface area is 383 Å². The number of fused-ring (bicyclic) bond motifs is 6. The van der Waals surface area contributed by atoms with E-state index in [4.69, 9.17) is 11.6 Å². The zero-order valence-electron chi connectivity index (χ0n) is 36.6. The highest BCUT2D eigenvalue weighted by atomic mass is 15.1. The maximum atomic E-state index is 8.88. The van der Waals surface area contributed by atoms with Gasteiger partial charge in [0.1, 0.15) is 0 Å². The first-order valence-corrected chi connectivity index (χ1v) is 22.4. The monoisotopic (exact) mass is 842 g/mol. The highest BCUT2D eigenvalue weighted by Crippen LogP contribution is 2.45. The van der Waals surface area contributed by atoms with Gasteiger partial charge in [-0.3, -0.25) is 0 Å². The molecule has 0 N–H and O–H groups in total. The van der Waals surface area contributed by atoms with E-state index < -0.39 is 0 Å². The first kappa shape index (κ1) is 38.9. The Bertz CT molecular complexity index is 3810. The number of hydrogen-bond acceptors (Lipinski definition) is 1. The summed E-state index contributed by atoms with van der Waals surface area (Å²) in [6.07, 6.45) is 0. The SMILES string of the molecule is [C-]#[N+]c1cc(-n2c3ccccc3c3cc(-c4ccc(C)cc4)ccc32)c(-n2c3ccccc3c3cc(-c4ccc(C)cc4)ccc32)cc1-c1cc(-c2ccccc2)nc(-c2ccccc2)c1. The second-order valence-electron chi connectivity index (χ2n) is 17.2. The highest BCUT2D eigenvalue weighted by Gasteiger charge is 2.23. The van der Waals surface area contributed by atoms with Crippen LogP contribution in [0.3, 0.4) is 0 Å². The first-order chi connectivity index (χ1) is 32.5. The van der Waals surface area contributed by atoms with Gasteiger partial charge in [0.25, 0.3) is 0 Å². The van der Waals surface area contributed by atoms with Crippen LogP contribution in [-0.2, 0) is 0 Å². The van der Waals surface area contributed by atoms with Crippen LogP contribution in [0.1, 0.15) is 11.1 Å². The molecule has 12 rings (SSSR count). The molecule has 12 aromatic rings. The van der Waals surface area contributed by atoms with E-state index in [0.717, 1.165) is 94.2 Å². The quantitative estimate of drug-likeness (QED) is 0.147. The Balaban J connectivity index is 1.18. The first-order valence-electron chi connectivity index (χ1n) is 22.4. The number of benzene rings is 9. The van der Waals surface area contributed by atoms with Gasteiger partial charge in [0, 0.05) is 32.7 Å². The molecule has 9 aromatic carbocycles. The topological polar surface area (TPSA) is 27.1 Å². The summed E-state index contributed by atoms with van der Waals surface area (Å²) in [7, 11) is 0. The van der Waals surface area contributed by atoms with Crippen molar-refractivity contribution in [3.63, 3.8) is 0 Å². The molecule has 0 amide bonds. The molecule has 0 spiro atoms. The van der Waals surface area contributed by atoms with E-state index in [-0.39, 0.29) is 0 Å². The molecular formula is C62H42N4. The second-order valence-corrected chi connectivity index (χ2v) is 17.2. The molecule has 0 radical (unpaired) electrons. The fraction of sp³-hybridized carbons (Fsp3) is 0.0323. The molecule has 66 heavy (non-hydrogen) atoms. The Morgan fingerprint density at radius 2 is 0.758 bits per heavy atom. The van der Waals surface area contributed by atoms with Crippen LogP contribution in [0, 0.1) is 20.4 Å². The summed E-state index contributed by atoms with van der Waals surface area (Å²) in [6, 6.07) is 77.8. The molecule has 0 aliphatic heterocycles. The summed E-state index contributed by atoms with van der Waals surface area (Å²) in [5, 5.41) is 4.63. The smallest absolute Gasteiger partial charge is 0.197 e. The molecule has 0 bridgehead atoms. The van der Waals surface area contributed by atoms with Crippen LogP contribution in [0.4, 0.5) is 5.69 Å². The van der Waals surface area contributed by atoms with Crippen molar-refractivity contribution in [2.45, 2.75) is 13.8 Å². The summed E-state index contributed by atoms with van der Waals surface area (Å²) < 4.78 is 4.78. The van der Waals surface area contributed by atoms with Gasteiger partial charge in [-0.1, -0.05) is 169 Å². The summed E-state index contributed by atoms with van der Waals surface area (Å²) in [5.41, 5.74) is 19.4. The average molecular weight is 843 g/mol. The van der Waals surface area contributed by atoms with E-state index in [1.807, 2.05) is 36.4 Å². The predicted octanol–water partition coefficient (Wildman–Crippen LogP) is 16.8. The lowest BCUT2D eigenvalue weighted by Gasteiger charge is -2.20. The van der Waals surface area contributed by atoms with Crippen molar-refractivity contribution in [2.75, 3.05) is 0 Å². The van der Waals surface area contributed by atoms with Crippen LogP contribution in [0.15, 0.2) is 218 Å². The number of rotatable bonds is 7. The van der Waals surface area contributed by atoms with Gasteiger partial charge in [-0.25, -0.2) is 9.83 Å². The third kappa shape index (κ3) is 6.57. The molecule has 0 saturated carbocycles. The zero-order valence-corrected chi connectivity index (χ0v) is 36.6. The van der Waals surface area contributed by atoms with E-state index in [0.29, 0.717) is 5.69 Å². The lowest BCUT2D eigenvalue weighted by molar-refractivity contribution is 1.10. The van der Waals surface area contributed by atoms with Gasteiger partial charge in [0.05, 0.1) is 51.4 Å². The second kappa shape index (κ2) is 15.8. The van der Waals surface area contributed by atoms with Gasteiger partial charge in [0.2, 0.25) is 0 Å².